The minimum Gasteiger partial charge on any atom is -0.490 e. The van der Waals surface area contributed by atoms with Gasteiger partial charge >= 0.3 is 17.7 Å². The van der Waals surface area contributed by atoms with Crippen LogP contribution in [0.5, 0.6) is 5.75 Å². The molecule has 1 aromatic carbocycles. The second kappa shape index (κ2) is 6.34. The van der Waals surface area contributed by atoms with E-state index in [1.165, 1.54) is 26.4 Å². The van der Waals surface area contributed by atoms with Crippen LogP contribution < -0.4 is 15.4 Å². The van der Waals surface area contributed by atoms with E-state index in [1.807, 2.05) is 0 Å². The molecule has 0 fully saturated rings. The summed E-state index contributed by atoms with van der Waals surface area (Å²) < 4.78 is 9.66. The van der Waals surface area contributed by atoms with Crippen molar-refractivity contribution in [1.82, 2.24) is 10.6 Å². The maximum Gasteiger partial charge on any atom is 0.337 e. The largest absolute Gasteiger partial charge is 0.490 e. The molecule has 9 nitrogen and oxygen atoms in total. The zero-order valence-electron chi connectivity index (χ0n) is 12.7. The number of methoxy groups -OCH3 is 2. The van der Waals surface area contributed by atoms with Crippen LogP contribution in [-0.2, 0) is 9.53 Å². The molecule has 0 bridgehead atoms. The number of nitrogens with zero attached hydrogens (tertiary/aromatic N) is 1. The molecule has 0 radical (unpaired) electrons. The number of amides is 2. The fraction of sp³-hybridized carbons (Fsp3) is 0.286. The number of rotatable bonds is 4. The fourth-order valence-electron chi connectivity index (χ4n) is 2.35. The lowest BCUT2D eigenvalue weighted by atomic mass is 9.95. The van der Waals surface area contributed by atoms with Crippen LogP contribution in [0.15, 0.2) is 29.5 Å². The Morgan fingerprint density at radius 2 is 2.04 bits per heavy atom. The van der Waals surface area contributed by atoms with E-state index in [9.17, 15) is 19.7 Å². The van der Waals surface area contributed by atoms with Crippen molar-refractivity contribution in [2.45, 2.75) is 13.0 Å². The van der Waals surface area contributed by atoms with Gasteiger partial charge in [-0.1, -0.05) is 6.07 Å². The maximum absolute atomic E-state index is 12.0. The third kappa shape index (κ3) is 3.07. The lowest BCUT2D eigenvalue weighted by Crippen LogP contribution is -2.45. The van der Waals surface area contributed by atoms with E-state index >= 15 is 0 Å². The summed E-state index contributed by atoms with van der Waals surface area (Å²) in [6, 6.07) is 2.83. The Bertz CT molecular complexity index is 712. The van der Waals surface area contributed by atoms with Crippen molar-refractivity contribution in [3.05, 3.63) is 45.1 Å². The van der Waals surface area contributed by atoms with Crippen molar-refractivity contribution in [3.63, 3.8) is 0 Å². The Hall–Kier alpha value is -3.10. The molecule has 0 aromatic heterocycles. The van der Waals surface area contributed by atoms with Gasteiger partial charge in [-0.3, -0.25) is 10.1 Å². The number of allylic oxidation sites excluding steroid dienone is 1. The zero-order chi connectivity index (χ0) is 17.1. The topological polar surface area (TPSA) is 120 Å². The molecule has 0 aliphatic carbocycles. The lowest BCUT2D eigenvalue weighted by molar-refractivity contribution is -0.385. The van der Waals surface area contributed by atoms with Crippen LogP contribution in [0.4, 0.5) is 10.5 Å². The first kappa shape index (κ1) is 16.3. The fourth-order valence-corrected chi connectivity index (χ4v) is 2.35. The Morgan fingerprint density at radius 1 is 1.35 bits per heavy atom. The Kier molecular flexibility index (Phi) is 4.49. The maximum atomic E-state index is 12.0. The number of nitro groups is 1. The number of benzene rings is 1. The molecule has 1 aliphatic rings. The Balaban J connectivity index is 2.56. The van der Waals surface area contributed by atoms with Gasteiger partial charge in [-0.15, -0.1) is 0 Å². The van der Waals surface area contributed by atoms with Crippen LogP contribution >= 0.6 is 0 Å². The van der Waals surface area contributed by atoms with Gasteiger partial charge in [0, 0.05) is 11.8 Å². The van der Waals surface area contributed by atoms with Crippen molar-refractivity contribution >= 4 is 17.7 Å². The lowest BCUT2D eigenvalue weighted by Gasteiger charge is -2.27. The minimum absolute atomic E-state index is 0.0827. The first-order valence-electron chi connectivity index (χ1n) is 6.58. The molecule has 1 atom stereocenters. The predicted octanol–water partition coefficient (Wildman–Crippen LogP) is 1.40. The van der Waals surface area contributed by atoms with Crippen molar-refractivity contribution in [2.24, 2.45) is 0 Å². The molecule has 2 rings (SSSR count). The normalized spacial score (nSPS) is 17.2. The van der Waals surface area contributed by atoms with E-state index in [0.717, 1.165) is 0 Å². The van der Waals surface area contributed by atoms with Gasteiger partial charge in [0.1, 0.15) is 0 Å². The summed E-state index contributed by atoms with van der Waals surface area (Å²) in [7, 11) is 2.53. The third-order valence-electron chi connectivity index (χ3n) is 3.41. The SMILES string of the molecule is COC(=O)C1=C(C)NC(=O)NC1c1ccc(OC)c([N+](=O)[O-])c1. The van der Waals surface area contributed by atoms with Gasteiger partial charge in [-0.2, -0.15) is 0 Å². The van der Waals surface area contributed by atoms with Crippen LogP contribution in [0.1, 0.15) is 18.5 Å². The zero-order valence-corrected chi connectivity index (χ0v) is 12.7. The average molecular weight is 321 g/mol. The minimum atomic E-state index is -0.860. The molecular weight excluding hydrogens is 306 g/mol. The van der Waals surface area contributed by atoms with Crippen molar-refractivity contribution in [3.8, 4) is 5.75 Å². The molecule has 1 aliphatic heterocycles. The Morgan fingerprint density at radius 3 is 2.61 bits per heavy atom. The Labute approximate surface area is 131 Å². The van der Waals surface area contributed by atoms with Crippen molar-refractivity contribution < 1.29 is 24.0 Å². The van der Waals surface area contributed by atoms with E-state index in [4.69, 9.17) is 9.47 Å². The molecule has 2 N–H and O–H groups in total. The van der Waals surface area contributed by atoms with E-state index in [0.29, 0.717) is 11.3 Å². The van der Waals surface area contributed by atoms with Crippen LogP contribution in [0.25, 0.3) is 0 Å². The second-order valence-electron chi connectivity index (χ2n) is 4.75. The number of ether oxygens (including phenoxy) is 2. The second-order valence-corrected chi connectivity index (χ2v) is 4.75. The monoisotopic (exact) mass is 321 g/mol. The molecule has 0 spiro atoms. The molecule has 1 heterocycles. The van der Waals surface area contributed by atoms with E-state index < -0.39 is 23.0 Å². The molecule has 9 heteroatoms. The number of hydrogen-bond acceptors (Lipinski definition) is 6. The van der Waals surface area contributed by atoms with Crippen molar-refractivity contribution in [1.29, 1.82) is 0 Å². The highest BCUT2D eigenvalue weighted by Crippen LogP contribution is 2.34. The number of carbonyl (C=O) groups excluding carboxylic acids is 2. The molecule has 23 heavy (non-hydrogen) atoms. The first-order valence-corrected chi connectivity index (χ1v) is 6.58. The summed E-state index contributed by atoms with van der Waals surface area (Å²) in [6.07, 6.45) is 0. The number of nitro benzene ring substituents is 1. The number of urea groups is 1. The average Bonchev–Trinajstić information content (AvgIpc) is 2.52. The number of esters is 1. The molecule has 0 saturated carbocycles. The number of hydrogen-bond donors (Lipinski definition) is 2. The summed E-state index contributed by atoms with van der Waals surface area (Å²) in [4.78, 5) is 34.2. The van der Waals surface area contributed by atoms with Crippen LogP contribution in [0.3, 0.4) is 0 Å². The smallest absolute Gasteiger partial charge is 0.337 e. The van der Waals surface area contributed by atoms with Gasteiger partial charge in [0.05, 0.1) is 30.8 Å². The highest BCUT2D eigenvalue weighted by molar-refractivity contribution is 5.95. The molecule has 1 aromatic rings. The number of nitrogens with one attached hydrogen (secondary N) is 2. The summed E-state index contributed by atoms with van der Waals surface area (Å²) in [5.74, 6) is -0.558. The highest BCUT2D eigenvalue weighted by Gasteiger charge is 2.33. The molecule has 1 unspecified atom stereocenters. The summed E-state index contributed by atoms with van der Waals surface area (Å²) in [6.45, 7) is 1.55. The quantitative estimate of drug-likeness (QED) is 0.491. The molecule has 0 saturated heterocycles. The van der Waals surface area contributed by atoms with Gasteiger partial charge in [-0.25, -0.2) is 9.59 Å². The third-order valence-corrected chi connectivity index (χ3v) is 3.41. The van der Waals surface area contributed by atoms with Crippen LogP contribution in [0, 0.1) is 10.1 Å². The highest BCUT2D eigenvalue weighted by atomic mass is 16.6. The van der Waals surface area contributed by atoms with Gasteiger partial charge < -0.3 is 20.1 Å². The first-order chi connectivity index (χ1) is 10.9. The van der Waals surface area contributed by atoms with Gasteiger partial charge in [0.25, 0.3) is 0 Å². The summed E-state index contributed by atoms with van der Waals surface area (Å²) >= 11 is 0. The van der Waals surface area contributed by atoms with E-state index in [-0.39, 0.29) is 17.0 Å². The van der Waals surface area contributed by atoms with Crippen LogP contribution in [0.2, 0.25) is 0 Å². The predicted molar refractivity (Wildman–Crippen MR) is 78.8 cm³/mol. The van der Waals surface area contributed by atoms with E-state index in [2.05, 4.69) is 10.6 Å². The van der Waals surface area contributed by atoms with Crippen LogP contribution in [-0.4, -0.2) is 31.1 Å². The van der Waals surface area contributed by atoms with Gasteiger partial charge in [0.2, 0.25) is 0 Å². The standard InChI is InChI=1S/C14H15N3O6/c1-7-11(13(18)23-3)12(16-14(19)15-7)8-4-5-10(22-2)9(6-8)17(20)21/h4-6,12H,1-3H3,(H2,15,16,19). The van der Waals surface area contributed by atoms with Gasteiger partial charge in [-0.05, 0) is 18.6 Å². The molecular formula is C14H15N3O6. The summed E-state index contributed by atoms with van der Waals surface area (Å²) in [5, 5.41) is 16.2. The van der Waals surface area contributed by atoms with Gasteiger partial charge in [0.15, 0.2) is 5.75 Å². The number of carbonyl (C=O) groups is 2. The van der Waals surface area contributed by atoms with Crippen molar-refractivity contribution in [2.75, 3.05) is 14.2 Å². The summed E-state index contributed by atoms with van der Waals surface area (Å²) in [5.41, 5.74) is 0.599. The molecule has 2 amide bonds. The molecule has 122 valence electrons. The van der Waals surface area contributed by atoms with E-state index in [1.54, 1.807) is 13.0 Å².